The van der Waals surface area contributed by atoms with Crippen molar-refractivity contribution in [1.29, 1.82) is 0 Å². The molecule has 0 spiro atoms. The molecule has 6 atom stereocenters. The van der Waals surface area contributed by atoms with Gasteiger partial charge in [-0.05, 0) is 119 Å². The molecule has 0 radical (unpaired) electrons. The summed E-state index contributed by atoms with van der Waals surface area (Å²) in [6.07, 6.45) is 26.7. The summed E-state index contributed by atoms with van der Waals surface area (Å²) in [7, 11) is 5.09. The lowest BCUT2D eigenvalue weighted by Gasteiger charge is -2.20. The first-order valence-electron chi connectivity index (χ1n) is 48.9. The number of likely N-dealkylation sites (N-methyl/N-ethyl adjacent to an activating group) is 5. The molecule has 0 saturated heterocycles. The van der Waals surface area contributed by atoms with Gasteiger partial charge in [0.05, 0.1) is 77.3 Å². The topological polar surface area (TPSA) is 589 Å². The Morgan fingerprint density at radius 3 is 0.585 bits per heavy atom. The molecule has 40 heteroatoms. The van der Waals surface area contributed by atoms with Gasteiger partial charge in [-0.2, -0.15) is 0 Å². The van der Waals surface area contributed by atoms with Gasteiger partial charge in [-0.3, -0.25) is 62.3 Å². The first kappa shape index (κ1) is 138. The molecule has 0 aromatic rings. The minimum atomic E-state index is -1.04. The monoisotopic (exact) mass is 1950 g/mol. The van der Waals surface area contributed by atoms with Crippen molar-refractivity contribution in [3.8, 4) is 0 Å². The van der Waals surface area contributed by atoms with E-state index in [1.54, 1.807) is 68.4 Å². The van der Waals surface area contributed by atoms with Crippen molar-refractivity contribution in [2.24, 2.45) is 0 Å². The Bertz CT molecular complexity index is 2810. The van der Waals surface area contributed by atoms with Crippen LogP contribution in [0.2, 0.25) is 0 Å². The van der Waals surface area contributed by atoms with Crippen LogP contribution in [-0.2, 0) is 95.5 Å². The molecular weight excluding hydrogens is 1770 g/mol. The zero-order chi connectivity index (χ0) is 103. The molecule has 0 fully saturated rings. The van der Waals surface area contributed by atoms with E-state index in [4.69, 9.17) is 94.8 Å². The number of nitrogens with zero attached hydrogens (tertiary/aromatic N) is 6. The van der Waals surface area contributed by atoms with Crippen LogP contribution in [0.4, 0.5) is 0 Å². The Kier molecular flexibility index (Phi) is 103. The van der Waals surface area contributed by atoms with E-state index in [1.807, 2.05) is 13.8 Å². The molecule has 0 aliphatic carbocycles. The van der Waals surface area contributed by atoms with Crippen LogP contribution in [0.1, 0.15) is 318 Å². The van der Waals surface area contributed by atoms with Crippen LogP contribution in [0.3, 0.4) is 0 Å². The molecule has 0 aliphatic rings. The molecule has 6 amide bonds. The fraction of sp³-hybridized carbons (Fsp3) is 0.863. The minimum Gasteiger partial charge on any atom is -0.463 e. The van der Waals surface area contributed by atoms with Crippen molar-refractivity contribution in [1.82, 2.24) is 29.4 Å². The number of carbonyl (C=O) groups is 13. The molecular formula is C95H182N6O34. The van der Waals surface area contributed by atoms with E-state index >= 15 is 0 Å². The van der Waals surface area contributed by atoms with Crippen LogP contribution in [0.5, 0.6) is 0 Å². The second kappa shape index (κ2) is 101. The predicted molar refractivity (Wildman–Crippen MR) is 506 cm³/mol. The summed E-state index contributed by atoms with van der Waals surface area (Å²) in [5.41, 5.74) is 0. The Morgan fingerprint density at radius 1 is 0.222 bits per heavy atom. The molecule has 0 saturated carbocycles. The van der Waals surface area contributed by atoms with E-state index in [0.717, 1.165) is 180 Å². The van der Waals surface area contributed by atoms with Gasteiger partial charge >= 0.3 is 41.8 Å². The lowest BCUT2D eigenvalue weighted by Crippen LogP contribution is -2.35. The smallest absolute Gasteiger partial charge is 0.305 e. The van der Waals surface area contributed by atoms with Gasteiger partial charge < -0.3 is 134 Å². The Hall–Kier alpha value is -7.45. The fourth-order valence-corrected chi connectivity index (χ4v) is 12.1. The second-order valence-corrected chi connectivity index (χ2v) is 33.2. The summed E-state index contributed by atoms with van der Waals surface area (Å²) in [4.78, 5) is 158. The molecule has 40 nitrogen and oxygen atoms in total. The van der Waals surface area contributed by atoms with Crippen molar-refractivity contribution in [3.05, 3.63) is 0 Å². The van der Waals surface area contributed by atoms with Gasteiger partial charge in [0.1, 0.15) is 58.5 Å². The van der Waals surface area contributed by atoms with Gasteiger partial charge in [0, 0.05) is 164 Å². The zero-order valence-corrected chi connectivity index (χ0v) is 83.7. The molecule has 135 heavy (non-hydrogen) atoms. The van der Waals surface area contributed by atoms with Crippen LogP contribution in [0, 0.1) is 0 Å². The van der Waals surface area contributed by atoms with E-state index in [0.29, 0.717) is 123 Å². The number of hydrogen-bond donors (Lipinski definition) is 14. The van der Waals surface area contributed by atoms with E-state index in [2.05, 4.69) is 4.74 Å². The quantitative estimate of drug-likeness (QED) is 0.0211. The molecule has 6 unspecified atom stereocenters. The van der Waals surface area contributed by atoms with E-state index in [-0.39, 0.29) is 178 Å². The third-order valence-corrected chi connectivity index (χ3v) is 20.0. The number of hydrogen-bond acceptors (Lipinski definition) is 34. The van der Waals surface area contributed by atoms with Crippen LogP contribution >= 0.6 is 0 Å². The molecule has 0 rings (SSSR count). The maximum absolute atomic E-state index is 11.9. The Morgan fingerprint density at radius 2 is 0.393 bits per heavy atom. The van der Waals surface area contributed by atoms with E-state index < -0.39 is 61.1 Å². The van der Waals surface area contributed by atoms with Gasteiger partial charge in [0.15, 0.2) is 0 Å². The molecule has 0 heterocycles. The van der Waals surface area contributed by atoms with E-state index in [9.17, 15) is 67.4 Å². The summed E-state index contributed by atoms with van der Waals surface area (Å²) < 4.78 is 33.6. The van der Waals surface area contributed by atoms with Gasteiger partial charge in [-0.25, -0.2) is 0 Å². The second-order valence-electron chi connectivity index (χ2n) is 33.2. The van der Waals surface area contributed by atoms with Crippen LogP contribution in [0.15, 0.2) is 0 Å². The lowest BCUT2D eigenvalue weighted by atomic mass is 10.1. The Labute approximate surface area is 804 Å². The summed E-state index contributed by atoms with van der Waals surface area (Å²) in [5.74, 6) is -2.07. The van der Waals surface area contributed by atoms with Crippen molar-refractivity contribution in [2.75, 3.05) is 179 Å². The van der Waals surface area contributed by atoms with Gasteiger partial charge in [0.25, 0.3) is 0 Å². The van der Waals surface area contributed by atoms with Gasteiger partial charge in [-0.15, -0.1) is 0 Å². The highest BCUT2D eigenvalue weighted by molar-refractivity contribution is 5.78. The number of amides is 6. The van der Waals surface area contributed by atoms with Crippen molar-refractivity contribution in [2.45, 2.75) is 355 Å². The molecule has 0 aromatic heterocycles. The summed E-state index contributed by atoms with van der Waals surface area (Å²) >= 11 is 0. The SMILES string of the molecule is CC(=O)OCC(O)COC(=O)CCCCCCCC(=O)OCC(O)CO.CC(O)COC(=O)CCCCCCCC(=O)N(C)CCO.CC(O)COC(=O)CCCCCCCC(=O)N(CCO)CCO.CC(O)COC(=O)CCCCCCCC(=O)OCC(C)O.CCN(CCO)C(=O)CCCCCCCC(=O)N(CC)CCO.CN(CCO)C(=O)CCCCCCCC(=O)N(C)CCO. The first-order valence-corrected chi connectivity index (χ1v) is 48.9. The van der Waals surface area contributed by atoms with Crippen molar-refractivity contribution >= 4 is 77.2 Å². The third-order valence-electron chi connectivity index (χ3n) is 20.0. The number of rotatable bonds is 79. The first-order chi connectivity index (χ1) is 64.4. The molecule has 0 bridgehead atoms. The summed E-state index contributed by atoms with van der Waals surface area (Å²) in [5, 5.41) is 125. The fourth-order valence-electron chi connectivity index (χ4n) is 12.1. The molecule has 0 aromatic carbocycles. The lowest BCUT2D eigenvalue weighted by molar-refractivity contribution is -0.152. The average Bonchev–Trinajstić information content (AvgIpc) is 0.948. The average molecular weight is 1950 g/mol. The maximum atomic E-state index is 11.9. The molecule has 14 N–H and O–H groups in total. The van der Waals surface area contributed by atoms with Crippen LogP contribution in [0.25, 0.3) is 0 Å². The maximum Gasteiger partial charge on any atom is 0.305 e. The number of unbranched alkanes of at least 4 members (excludes halogenated alkanes) is 24. The standard InChI is InChI=1S/C17H34N2O4.C17H30O9.C16H31NO6.C15H30N2O4.C15H29NO5.C15H28O6/c1-3-18(12-14-20)16(22)10-8-6-5-7-9-11-17(23)19(4-2)13-15-21;1-13(19)24-11-15(21)12-26-17(23)8-6-4-2-3-5-7-16(22)25-10-14(20)9-18;1-14(20)13-23-16(22)8-6-4-2-3-5-7-15(21)17(9-11-18)10-12-19;1-16(10-12-18)14(20)8-6-4-3-5-7-9-15(21)17(2)11-13-19;1-13(18)12-21-15(20)9-7-5-3-4-6-8-14(19)16(2)10-11-17;1-12(16)10-20-14(18)8-6-4-3-5-7-9-15(19)21-11-13(2)17/h20-21H,3-15H2,1-2H3;14-15,18,20-21H,2-12H2,1H3;14,18-20H,2-13H2,1H3;18-19H,3-13H2,1-2H3;13,17-18H,3-12H2,1-2H3;12-13,16-17H,3-11H2,1-2H3. The van der Waals surface area contributed by atoms with Gasteiger partial charge in [0.2, 0.25) is 35.4 Å². The van der Waals surface area contributed by atoms with E-state index in [1.165, 1.54) is 16.7 Å². The van der Waals surface area contributed by atoms with Crippen LogP contribution < -0.4 is 0 Å². The third kappa shape index (κ3) is 102. The number of ether oxygens (including phenoxy) is 7. The number of esters is 7. The highest BCUT2D eigenvalue weighted by Gasteiger charge is 2.19. The summed E-state index contributed by atoms with van der Waals surface area (Å²) in [6.45, 7) is 14.1. The summed E-state index contributed by atoms with van der Waals surface area (Å²) in [6, 6.07) is 0. The van der Waals surface area contributed by atoms with Crippen LogP contribution in [-0.4, -0.2) is 394 Å². The minimum absolute atomic E-state index is 0.000988. The van der Waals surface area contributed by atoms with Crippen molar-refractivity contribution < 1.29 is 167 Å². The number of carbonyl (C=O) groups excluding carboxylic acids is 13. The highest BCUT2D eigenvalue weighted by Crippen LogP contribution is 2.17. The molecule has 0 aliphatic heterocycles. The highest BCUT2D eigenvalue weighted by atomic mass is 16.6. The van der Waals surface area contributed by atoms with Gasteiger partial charge in [-0.1, -0.05) is 116 Å². The molecule has 796 valence electrons. The zero-order valence-electron chi connectivity index (χ0n) is 83.7. The Balaban J connectivity index is -0.000000370. The largest absolute Gasteiger partial charge is 0.463 e. The van der Waals surface area contributed by atoms with Crippen molar-refractivity contribution in [3.63, 3.8) is 0 Å². The normalized spacial score (nSPS) is 11.9. The number of aliphatic hydroxyl groups is 14. The predicted octanol–water partition coefficient (Wildman–Crippen LogP) is 5.21. The number of aliphatic hydroxyl groups excluding tert-OH is 14.